The van der Waals surface area contributed by atoms with Gasteiger partial charge in [-0.15, -0.1) is 0 Å². The summed E-state index contributed by atoms with van der Waals surface area (Å²) in [7, 11) is 0. The normalized spacial score (nSPS) is 35.4. The second-order valence-electron chi connectivity index (χ2n) is 5.27. The Labute approximate surface area is 101 Å². The van der Waals surface area contributed by atoms with Gasteiger partial charge in [0.05, 0.1) is 12.7 Å². The molecule has 2 atom stereocenters. The predicted octanol–water partition coefficient (Wildman–Crippen LogP) is 2.66. The van der Waals surface area contributed by atoms with Crippen LogP contribution in [0.5, 0.6) is 0 Å². The number of nitrogens with zero attached hydrogens (tertiary/aromatic N) is 1. The van der Waals surface area contributed by atoms with Crippen LogP contribution in [0.1, 0.15) is 33.1 Å². The van der Waals surface area contributed by atoms with Crippen molar-refractivity contribution in [3.05, 3.63) is 0 Å². The lowest BCUT2D eigenvalue weighted by Crippen LogP contribution is -2.50. The SMILES string of the molecule is CCC1COC(C)CN1CC1(CBr)CC1. The standard InChI is InChI=1S/C12H22BrNO/c1-3-11-7-15-10(2)6-14(11)9-12(8-13)4-5-12/h10-11H,3-9H2,1-2H3. The second-order valence-corrected chi connectivity index (χ2v) is 5.83. The summed E-state index contributed by atoms with van der Waals surface area (Å²) >= 11 is 3.66. The van der Waals surface area contributed by atoms with Crippen molar-refractivity contribution < 1.29 is 4.74 Å². The van der Waals surface area contributed by atoms with Gasteiger partial charge in [-0.05, 0) is 31.6 Å². The Hall–Kier alpha value is 0.400. The number of hydrogen-bond donors (Lipinski definition) is 0. The Morgan fingerprint density at radius 3 is 2.73 bits per heavy atom. The van der Waals surface area contributed by atoms with Gasteiger partial charge in [-0.2, -0.15) is 0 Å². The fourth-order valence-electron chi connectivity index (χ4n) is 2.42. The molecule has 2 fully saturated rings. The molecule has 0 aromatic carbocycles. The molecule has 88 valence electrons. The van der Waals surface area contributed by atoms with E-state index in [9.17, 15) is 0 Å². The average molecular weight is 276 g/mol. The van der Waals surface area contributed by atoms with E-state index >= 15 is 0 Å². The summed E-state index contributed by atoms with van der Waals surface area (Å²) in [5, 5.41) is 1.17. The van der Waals surface area contributed by atoms with E-state index in [1.807, 2.05) is 0 Å². The molecule has 0 radical (unpaired) electrons. The van der Waals surface area contributed by atoms with Crippen LogP contribution in [-0.4, -0.2) is 42.1 Å². The Balaban J connectivity index is 1.92. The third-order valence-electron chi connectivity index (χ3n) is 3.83. The lowest BCUT2D eigenvalue weighted by Gasteiger charge is -2.40. The smallest absolute Gasteiger partial charge is 0.0674 e. The zero-order chi connectivity index (χ0) is 10.9. The van der Waals surface area contributed by atoms with Gasteiger partial charge in [0.15, 0.2) is 0 Å². The van der Waals surface area contributed by atoms with Gasteiger partial charge in [-0.1, -0.05) is 22.9 Å². The first-order valence-corrected chi connectivity index (χ1v) is 7.23. The number of rotatable bonds is 4. The average Bonchev–Trinajstić information content (AvgIpc) is 2.99. The van der Waals surface area contributed by atoms with Crippen molar-refractivity contribution in [1.82, 2.24) is 4.90 Å². The van der Waals surface area contributed by atoms with Gasteiger partial charge < -0.3 is 4.74 Å². The topological polar surface area (TPSA) is 12.5 Å². The molecule has 0 aromatic heterocycles. The Bertz CT molecular complexity index is 218. The summed E-state index contributed by atoms with van der Waals surface area (Å²) in [6, 6.07) is 0.651. The summed E-state index contributed by atoms with van der Waals surface area (Å²) in [4.78, 5) is 2.66. The highest BCUT2D eigenvalue weighted by atomic mass is 79.9. The van der Waals surface area contributed by atoms with Gasteiger partial charge in [0.1, 0.15) is 0 Å². The van der Waals surface area contributed by atoms with Crippen molar-refractivity contribution in [3.8, 4) is 0 Å². The van der Waals surface area contributed by atoms with E-state index in [0.29, 0.717) is 17.6 Å². The molecule has 3 heteroatoms. The largest absolute Gasteiger partial charge is 0.376 e. The van der Waals surface area contributed by atoms with E-state index in [4.69, 9.17) is 4.74 Å². The zero-order valence-corrected chi connectivity index (χ0v) is 11.4. The first kappa shape index (κ1) is 11.9. The minimum Gasteiger partial charge on any atom is -0.376 e. The number of morpholine rings is 1. The Morgan fingerprint density at radius 1 is 1.47 bits per heavy atom. The van der Waals surface area contributed by atoms with Gasteiger partial charge in [-0.25, -0.2) is 0 Å². The molecular formula is C12H22BrNO. The maximum Gasteiger partial charge on any atom is 0.0674 e. The molecule has 0 N–H and O–H groups in total. The molecular weight excluding hydrogens is 254 g/mol. The van der Waals surface area contributed by atoms with Crippen LogP contribution in [0.4, 0.5) is 0 Å². The zero-order valence-electron chi connectivity index (χ0n) is 9.84. The predicted molar refractivity (Wildman–Crippen MR) is 66.5 cm³/mol. The van der Waals surface area contributed by atoms with Gasteiger partial charge in [0.25, 0.3) is 0 Å². The summed E-state index contributed by atoms with van der Waals surface area (Å²) in [5.74, 6) is 0. The molecule has 2 nitrogen and oxygen atoms in total. The molecule has 1 saturated heterocycles. The van der Waals surface area contributed by atoms with Gasteiger partial charge >= 0.3 is 0 Å². The quantitative estimate of drug-likeness (QED) is 0.732. The third-order valence-corrected chi connectivity index (χ3v) is 5.02. The molecule has 0 spiro atoms. The fourth-order valence-corrected chi connectivity index (χ4v) is 3.16. The second kappa shape index (κ2) is 4.72. The van der Waals surface area contributed by atoms with E-state index in [1.54, 1.807) is 0 Å². The number of hydrogen-bond acceptors (Lipinski definition) is 2. The van der Waals surface area contributed by atoms with E-state index < -0.39 is 0 Å². The minimum absolute atomic E-state index is 0.416. The van der Waals surface area contributed by atoms with Crippen molar-refractivity contribution in [2.45, 2.75) is 45.3 Å². The molecule has 2 aliphatic rings. The molecule has 1 aliphatic heterocycles. The van der Waals surface area contributed by atoms with E-state index in [2.05, 4.69) is 34.7 Å². The number of alkyl halides is 1. The van der Waals surface area contributed by atoms with Crippen LogP contribution in [0, 0.1) is 5.41 Å². The first-order valence-electron chi connectivity index (χ1n) is 6.11. The molecule has 1 heterocycles. The van der Waals surface area contributed by atoms with E-state index in [-0.39, 0.29) is 0 Å². The van der Waals surface area contributed by atoms with Crippen LogP contribution < -0.4 is 0 Å². The van der Waals surface area contributed by atoms with E-state index in [1.165, 1.54) is 31.1 Å². The molecule has 15 heavy (non-hydrogen) atoms. The van der Waals surface area contributed by atoms with Crippen molar-refractivity contribution >= 4 is 15.9 Å². The van der Waals surface area contributed by atoms with Crippen LogP contribution in [0.25, 0.3) is 0 Å². The molecule has 0 bridgehead atoms. The first-order chi connectivity index (χ1) is 7.19. The van der Waals surface area contributed by atoms with Crippen molar-refractivity contribution in [2.24, 2.45) is 5.41 Å². The monoisotopic (exact) mass is 275 g/mol. The highest BCUT2D eigenvalue weighted by Gasteiger charge is 2.44. The molecule has 0 amide bonds. The van der Waals surface area contributed by atoms with Gasteiger partial charge in [-0.3, -0.25) is 4.90 Å². The highest BCUT2D eigenvalue weighted by Crippen LogP contribution is 2.48. The maximum absolute atomic E-state index is 5.73. The van der Waals surface area contributed by atoms with Gasteiger partial charge in [0.2, 0.25) is 0 Å². The molecule has 0 aromatic rings. The molecule has 2 unspecified atom stereocenters. The van der Waals surface area contributed by atoms with Crippen LogP contribution in [0.2, 0.25) is 0 Å². The van der Waals surface area contributed by atoms with Crippen molar-refractivity contribution in [3.63, 3.8) is 0 Å². The van der Waals surface area contributed by atoms with Crippen LogP contribution in [0.3, 0.4) is 0 Å². The minimum atomic E-state index is 0.416. The summed E-state index contributed by atoms with van der Waals surface area (Å²) in [6.45, 7) is 7.77. The maximum atomic E-state index is 5.73. The van der Waals surface area contributed by atoms with Crippen LogP contribution >= 0.6 is 15.9 Å². The van der Waals surface area contributed by atoms with E-state index in [0.717, 1.165) is 13.2 Å². The summed E-state index contributed by atoms with van der Waals surface area (Å²) in [5.41, 5.74) is 0.602. The Morgan fingerprint density at radius 2 is 2.20 bits per heavy atom. The van der Waals surface area contributed by atoms with Crippen LogP contribution in [0.15, 0.2) is 0 Å². The molecule has 1 aliphatic carbocycles. The number of ether oxygens (including phenoxy) is 1. The number of halogens is 1. The summed E-state index contributed by atoms with van der Waals surface area (Å²) < 4.78 is 5.73. The third kappa shape index (κ3) is 2.75. The van der Waals surface area contributed by atoms with Crippen LogP contribution in [-0.2, 0) is 4.74 Å². The van der Waals surface area contributed by atoms with Crippen molar-refractivity contribution in [1.29, 1.82) is 0 Å². The molecule has 1 saturated carbocycles. The Kier molecular flexibility index (Phi) is 3.74. The van der Waals surface area contributed by atoms with Crippen molar-refractivity contribution in [2.75, 3.05) is 25.0 Å². The molecule has 2 rings (SSSR count). The highest BCUT2D eigenvalue weighted by molar-refractivity contribution is 9.09. The fraction of sp³-hybridized carbons (Fsp3) is 1.00. The lowest BCUT2D eigenvalue weighted by molar-refractivity contribution is -0.0610. The summed E-state index contributed by atoms with van der Waals surface area (Å²) in [6.07, 6.45) is 4.44. The van der Waals surface area contributed by atoms with Gasteiger partial charge in [0, 0.05) is 24.5 Å². The lowest BCUT2D eigenvalue weighted by atomic mass is 10.1.